The van der Waals surface area contributed by atoms with Crippen LogP contribution in [-0.2, 0) is 16.0 Å². The molecule has 1 amide bonds. The number of hydrogen-bond donors (Lipinski definition) is 1. The van der Waals surface area contributed by atoms with E-state index in [1.54, 1.807) is 0 Å². The molecule has 1 aliphatic heterocycles. The number of carbonyl (C=O) groups is 1. The first kappa shape index (κ1) is 21.3. The van der Waals surface area contributed by atoms with Crippen molar-refractivity contribution in [1.29, 1.82) is 0 Å². The molecule has 1 heterocycles. The minimum absolute atomic E-state index is 0.0266. The van der Waals surface area contributed by atoms with Gasteiger partial charge in [0.15, 0.2) is 0 Å². The van der Waals surface area contributed by atoms with Crippen LogP contribution in [0.25, 0.3) is 0 Å². The summed E-state index contributed by atoms with van der Waals surface area (Å²) in [4.78, 5) is 15.3. The normalized spacial score (nSPS) is 14.5. The van der Waals surface area contributed by atoms with E-state index >= 15 is 0 Å². The number of nitrogens with one attached hydrogen (secondary N) is 1. The minimum Gasteiger partial charge on any atom is -0.379 e. The zero-order valence-corrected chi connectivity index (χ0v) is 17.9. The molecular weight excluding hydrogens is 384 g/mol. The number of benzene rings is 3. The molecule has 4 rings (SSSR count). The van der Waals surface area contributed by atoms with Crippen LogP contribution in [-0.4, -0.2) is 43.7 Å². The van der Waals surface area contributed by atoms with E-state index in [2.05, 4.69) is 46.6 Å². The largest absolute Gasteiger partial charge is 0.379 e. The van der Waals surface area contributed by atoms with Gasteiger partial charge in [0, 0.05) is 37.7 Å². The van der Waals surface area contributed by atoms with Gasteiger partial charge in [0.1, 0.15) is 0 Å². The number of morpholine rings is 1. The average molecular weight is 415 g/mol. The third-order valence-corrected chi connectivity index (χ3v) is 5.85. The van der Waals surface area contributed by atoms with Gasteiger partial charge in [-0.2, -0.15) is 0 Å². The maximum atomic E-state index is 12.9. The Hall–Kier alpha value is -2.95. The second-order valence-electron chi connectivity index (χ2n) is 8.03. The van der Waals surface area contributed by atoms with Crippen molar-refractivity contribution in [2.75, 3.05) is 38.2 Å². The number of nitrogens with zero attached hydrogens (tertiary/aromatic N) is 1. The van der Waals surface area contributed by atoms with E-state index in [0.29, 0.717) is 6.42 Å². The van der Waals surface area contributed by atoms with E-state index in [0.717, 1.165) is 56.1 Å². The number of hydrogen-bond acceptors (Lipinski definition) is 3. The van der Waals surface area contributed by atoms with Crippen molar-refractivity contribution in [3.8, 4) is 0 Å². The van der Waals surface area contributed by atoms with Crippen LogP contribution in [0.5, 0.6) is 0 Å². The summed E-state index contributed by atoms with van der Waals surface area (Å²) in [6, 6.07) is 28.7. The maximum absolute atomic E-state index is 12.9. The summed E-state index contributed by atoms with van der Waals surface area (Å²) >= 11 is 0. The molecule has 4 nitrogen and oxygen atoms in total. The van der Waals surface area contributed by atoms with E-state index < -0.39 is 0 Å². The van der Waals surface area contributed by atoms with Crippen LogP contribution >= 0.6 is 0 Å². The fourth-order valence-corrected chi connectivity index (χ4v) is 4.06. The highest BCUT2D eigenvalue weighted by Gasteiger charge is 2.18. The molecule has 1 fully saturated rings. The van der Waals surface area contributed by atoms with Crippen molar-refractivity contribution in [3.63, 3.8) is 0 Å². The zero-order chi connectivity index (χ0) is 21.3. The lowest BCUT2D eigenvalue weighted by atomic mass is 9.88. The predicted octanol–water partition coefficient (Wildman–Crippen LogP) is 4.72. The van der Waals surface area contributed by atoms with Crippen LogP contribution in [0.4, 0.5) is 5.69 Å². The molecule has 0 bridgehead atoms. The Balaban J connectivity index is 1.35. The first-order chi connectivity index (χ1) is 15.3. The summed E-state index contributed by atoms with van der Waals surface area (Å²) in [5.41, 5.74) is 4.44. The molecule has 0 radical (unpaired) electrons. The maximum Gasteiger partial charge on any atom is 0.225 e. The lowest BCUT2D eigenvalue weighted by Gasteiger charge is -2.26. The molecule has 0 atom stereocenters. The summed E-state index contributed by atoms with van der Waals surface area (Å²) in [7, 11) is 0. The van der Waals surface area contributed by atoms with Gasteiger partial charge in [-0.1, -0.05) is 72.8 Å². The number of ether oxygens (including phenoxy) is 1. The van der Waals surface area contributed by atoms with E-state index in [1.165, 1.54) is 5.56 Å². The fraction of sp³-hybridized carbons (Fsp3) is 0.296. The van der Waals surface area contributed by atoms with Gasteiger partial charge in [-0.15, -0.1) is 0 Å². The van der Waals surface area contributed by atoms with E-state index in [1.807, 2.05) is 48.5 Å². The summed E-state index contributed by atoms with van der Waals surface area (Å²) in [5, 5.41) is 3.08. The summed E-state index contributed by atoms with van der Waals surface area (Å²) in [6.45, 7) is 4.73. The zero-order valence-electron chi connectivity index (χ0n) is 17.9. The SMILES string of the molecule is O=C(CC(c1ccccc1)c1ccccc1)Nc1ccc(CCN2CCOCC2)cc1. The van der Waals surface area contributed by atoms with Crippen molar-refractivity contribution in [2.24, 2.45) is 0 Å². The van der Waals surface area contributed by atoms with Crippen LogP contribution in [0, 0.1) is 0 Å². The Morgan fingerprint density at radius 2 is 1.42 bits per heavy atom. The standard InChI is InChI=1S/C27H30N2O2/c30-27(21-26(23-7-3-1-4-8-23)24-9-5-2-6-10-24)28-25-13-11-22(12-14-25)15-16-29-17-19-31-20-18-29/h1-14,26H,15-21H2,(H,28,30). The molecule has 4 heteroatoms. The number of rotatable bonds is 8. The van der Waals surface area contributed by atoms with Gasteiger partial charge in [0.2, 0.25) is 5.91 Å². The molecule has 1 aliphatic rings. The van der Waals surface area contributed by atoms with Crippen LogP contribution < -0.4 is 5.32 Å². The highest BCUT2D eigenvalue weighted by molar-refractivity contribution is 5.91. The topological polar surface area (TPSA) is 41.6 Å². The average Bonchev–Trinajstić information content (AvgIpc) is 2.84. The highest BCUT2D eigenvalue weighted by atomic mass is 16.5. The third-order valence-electron chi connectivity index (χ3n) is 5.85. The van der Waals surface area contributed by atoms with Gasteiger partial charge in [0.25, 0.3) is 0 Å². The van der Waals surface area contributed by atoms with Crippen molar-refractivity contribution < 1.29 is 9.53 Å². The van der Waals surface area contributed by atoms with Crippen molar-refractivity contribution >= 4 is 11.6 Å². The van der Waals surface area contributed by atoms with Crippen molar-refractivity contribution in [2.45, 2.75) is 18.8 Å². The smallest absolute Gasteiger partial charge is 0.225 e. The van der Waals surface area contributed by atoms with E-state index in [4.69, 9.17) is 4.74 Å². The lowest BCUT2D eigenvalue weighted by molar-refractivity contribution is -0.116. The fourth-order valence-electron chi connectivity index (χ4n) is 4.06. The van der Waals surface area contributed by atoms with Crippen LogP contribution in [0.3, 0.4) is 0 Å². The lowest BCUT2D eigenvalue weighted by Crippen LogP contribution is -2.37. The first-order valence-corrected chi connectivity index (χ1v) is 11.1. The minimum atomic E-state index is 0.0266. The monoisotopic (exact) mass is 414 g/mol. The molecule has 31 heavy (non-hydrogen) atoms. The Bertz CT molecular complexity index is 896. The van der Waals surface area contributed by atoms with Gasteiger partial charge in [0.05, 0.1) is 13.2 Å². The van der Waals surface area contributed by atoms with Crippen LogP contribution in [0.1, 0.15) is 29.0 Å². The van der Waals surface area contributed by atoms with Crippen LogP contribution in [0.2, 0.25) is 0 Å². The number of carbonyl (C=O) groups excluding carboxylic acids is 1. The van der Waals surface area contributed by atoms with Crippen molar-refractivity contribution in [1.82, 2.24) is 4.90 Å². The number of anilines is 1. The highest BCUT2D eigenvalue weighted by Crippen LogP contribution is 2.28. The van der Waals surface area contributed by atoms with Gasteiger partial charge >= 0.3 is 0 Å². The van der Waals surface area contributed by atoms with Crippen LogP contribution in [0.15, 0.2) is 84.9 Å². The second-order valence-corrected chi connectivity index (χ2v) is 8.03. The van der Waals surface area contributed by atoms with Gasteiger partial charge < -0.3 is 10.1 Å². The molecule has 1 saturated heterocycles. The molecule has 0 saturated carbocycles. The van der Waals surface area contributed by atoms with Gasteiger partial charge in [-0.05, 0) is 35.2 Å². The molecule has 1 N–H and O–H groups in total. The predicted molar refractivity (Wildman–Crippen MR) is 125 cm³/mol. The summed E-state index contributed by atoms with van der Waals surface area (Å²) < 4.78 is 5.41. The summed E-state index contributed by atoms with van der Waals surface area (Å²) in [5.74, 6) is 0.0639. The Kier molecular flexibility index (Phi) is 7.48. The molecule has 0 aliphatic carbocycles. The van der Waals surface area contributed by atoms with E-state index in [-0.39, 0.29) is 11.8 Å². The molecule has 160 valence electrons. The molecule has 0 unspecified atom stereocenters. The molecule has 3 aromatic rings. The molecule has 0 spiro atoms. The van der Waals surface area contributed by atoms with Gasteiger partial charge in [-0.3, -0.25) is 9.69 Å². The van der Waals surface area contributed by atoms with Gasteiger partial charge in [-0.25, -0.2) is 0 Å². The molecule has 3 aromatic carbocycles. The Morgan fingerprint density at radius 3 is 2.00 bits per heavy atom. The van der Waals surface area contributed by atoms with Crippen molar-refractivity contribution in [3.05, 3.63) is 102 Å². The summed E-state index contributed by atoms with van der Waals surface area (Å²) in [6.07, 6.45) is 1.42. The Labute approximate surface area is 184 Å². The quantitative estimate of drug-likeness (QED) is 0.580. The molecule has 0 aromatic heterocycles. The first-order valence-electron chi connectivity index (χ1n) is 11.1. The number of amides is 1. The third kappa shape index (κ3) is 6.27. The Morgan fingerprint density at radius 1 is 0.839 bits per heavy atom. The second kappa shape index (κ2) is 10.9. The van der Waals surface area contributed by atoms with E-state index in [9.17, 15) is 4.79 Å². The molecular formula is C27H30N2O2.